The van der Waals surface area contributed by atoms with Crippen LogP contribution in [0.15, 0.2) is 36.4 Å². The predicted molar refractivity (Wildman–Crippen MR) is 116 cm³/mol. The average Bonchev–Trinajstić information content (AvgIpc) is 2.65. The van der Waals surface area contributed by atoms with Crippen molar-refractivity contribution < 1.29 is 32.6 Å². The number of aliphatic carboxylic acids is 1. The molecule has 0 aliphatic carbocycles. The summed E-state index contributed by atoms with van der Waals surface area (Å²) < 4.78 is 43.7. The molecule has 2 aromatic carbocycles. The number of alkyl halides is 3. The summed E-state index contributed by atoms with van der Waals surface area (Å²) >= 11 is 0. The number of carbonyl (C=O) groups is 2. The van der Waals surface area contributed by atoms with E-state index in [0.29, 0.717) is 24.2 Å². The smallest absolute Gasteiger partial charge is 0.478 e. The Morgan fingerprint density at radius 1 is 1.22 bits per heavy atom. The van der Waals surface area contributed by atoms with Gasteiger partial charge in [0.15, 0.2) is 0 Å². The molecule has 0 fully saturated rings. The SMILES string of the molecule is CCN1C(=O)CC(C)(C)c2cc(C)c(-c3ccc(/C=C/C(=O)O)cc3OC(F)(F)F)cc21. The maximum Gasteiger partial charge on any atom is 0.573 e. The molecule has 1 amide bonds. The van der Waals surface area contributed by atoms with Crippen LogP contribution in [-0.2, 0) is 15.0 Å². The number of hydrogen-bond donors (Lipinski definition) is 1. The molecule has 0 saturated carbocycles. The van der Waals surface area contributed by atoms with E-state index in [9.17, 15) is 22.8 Å². The molecule has 0 aromatic heterocycles. The number of benzene rings is 2. The Hall–Kier alpha value is -3.29. The lowest BCUT2D eigenvalue weighted by atomic mass is 9.75. The monoisotopic (exact) mass is 447 g/mol. The number of anilines is 1. The van der Waals surface area contributed by atoms with Crippen molar-refractivity contribution in [2.45, 2.75) is 45.9 Å². The van der Waals surface area contributed by atoms with Crippen molar-refractivity contribution in [3.8, 4) is 16.9 Å². The summed E-state index contributed by atoms with van der Waals surface area (Å²) in [5, 5.41) is 8.79. The summed E-state index contributed by atoms with van der Waals surface area (Å²) in [6, 6.07) is 7.77. The Kier molecular flexibility index (Phi) is 6.09. The van der Waals surface area contributed by atoms with Crippen LogP contribution in [-0.4, -0.2) is 29.9 Å². The Labute approximate surface area is 184 Å². The third-order valence-electron chi connectivity index (χ3n) is 5.51. The van der Waals surface area contributed by atoms with Gasteiger partial charge in [0, 0.05) is 35.7 Å². The maximum atomic E-state index is 13.1. The van der Waals surface area contributed by atoms with E-state index < -0.39 is 23.5 Å². The van der Waals surface area contributed by atoms with Crippen molar-refractivity contribution in [1.29, 1.82) is 0 Å². The van der Waals surface area contributed by atoms with Crippen molar-refractivity contribution in [1.82, 2.24) is 0 Å². The Morgan fingerprint density at radius 2 is 1.91 bits per heavy atom. The van der Waals surface area contributed by atoms with Crippen LogP contribution in [0, 0.1) is 6.92 Å². The maximum absolute atomic E-state index is 13.1. The van der Waals surface area contributed by atoms with Crippen molar-refractivity contribution in [2.75, 3.05) is 11.4 Å². The first kappa shape index (κ1) is 23.4. The molecule has 0 saturated heterocycles. The zero-order valence-corrected chi connectivity index (χ0v) is 18.2. The number of amides is 1. The Balaban J connectivity index is 2.21. The van der Waals surface area contributed by atoms with E-state index in [1.807, 2.05) is 26.8 Å². The van der Waals surface area contributed by atoms with Gasteiger partial charge in [-0.05, 0) is 54.3 Å². The van der Waals surface area contributed by atoms with Crippen LogP contribution in [0.2, 0.25) is 0 Å². The topological polar surface area (TPSA) is 66.8 Å². The molecular formula is C24H24F3NO4. The molecule has 0 unspecified atom stereocenters. The highest BCUT2D eigenvalue weighted by Crippen LogP contribution is 2.45. The predicted octanol–water partition coefficient (Wildman–Crippen LogP) is 5.69. The van der Waals surface area contributed by atoms with Crippen LogP contribution in [0.5, 0.6) is 5.75 Å². The van der Waals surface area contributed by atoms with Gasteiger partial charge in [-0.1, -0.05) is 32.0 Å². The van der Waals surface area contributed by atoms with E-state index in [0.717, 1.165) is 23.3 Å². The van der Waals surface area contributed by atoms with Crippen molar-refractivity contribution in [3.05, 3.63) is 53.1 Å². The molecule has 170 valence electrons. The molecular weight excluding hydrogens is 423 g/mol. The van der Waals surface area contributed by atoms with Crippen molar-refractivity contribution in [2.24, 2.45) is 0 Å². The van der Waals surface area contributed by atoms with Gasteiger partial charge in [0.05, 0.1) is 0 Å². The summed E-state index contributed by atoms with van der Waals surface area (Å²) in [5.74, 6) is -1.71. The van der Waals surface area contributed by atoms with Crippen LogP contribution in [0.4, 0.5) is 18.9 Å². The molecule has 3 rings (SSSR count). The lowest BCUT2D eigenvalue weighted by molar-refractivity contribution is -0.274. The van der Waals surface area contributed by atoms with Gasteiger partial charge >= 0.3 is 12.3 Å². The summed E-state index contributed by atoms with van der Waals surface area (Å²) in [6.45, 7) is 8.03. The van der Waals surface area contributed by atoms with E-state index >= 15 is 0 Å². The van der Waals surface area contributed by atoms with E-state index in [4.69, 9.17) is 5.11 Å². The van der Waals surface area contributed by atoms with E-state index in [1.54, 1.807) is 17.9 Å². The minimum absolute atomic E-state index is 0.0410. The van der Waals surface area contributed by atoms with Crippen molar-refractivity contribution in [3.63, 3.8) is 0 Å². The van der Waals surface area contributed by atoms with Crippen LogP contribution in [0.3, 0.4) is 0 Å². The third-order valence-corrected chi connectivity index (χ3v) is 5.51. The minimum atomic E-state index is -4.93. The first-order chi connectivity index (χ1) is 14.8. The molecule has 0 bridgehead atoms. The zero-order chi connectivity index (χ0) is 23.8. The lowest BCUT2D eigenvalue weighted by Gasteiger charge is -2.39. The second-order valence-electron chi connectivity index (χ2n) is 8.36. The highest BCUT2D eigenvalue weighted by Gasteiger charge is 2.37. The van der Waals surface area contributed by atoms with E-state index in [2.05, 4.69) is 4.74 Å². The first-order valence-corrected chi connectivity index (χ1v) is 10.1. The average molecular weight is 447 g/mol. The third kappa shape index (κ3) is 4.79. The molecule has 1 N–H and O–H groups in total. The summed E-state index contributed by atoms with van der Waals surface area (Å²) in [7, 11) is 0. The number of aryl methyl sites for hydroxylation is 1. The largest absolute Gasteiger partial charge is 0.573 e. The van der Waals surface area contributed by atoms with Gasteiger partial charge in [0.1, 0.15) is 5.75 Å². The van der Waals surface area contributed by atoms with Gasteiger partial charge < -0.3 is 14.7 Å². The van der Waals surface area contributed by atoms with Crippen LogP contribution in [0.1, 0.15) is 43.9 Å². The number of nitrogens with zero attached hydrogens (tertiary/aromatic N) is 1. The first-order valence-electron chi connectivity index (χ1n) is 10.1. The number of halogens is 3. The number of carboxylic acids is 1. The minimum Gasteiger partial charge on any atom is -0.478 e. The summed E-state index contributed by atoms with van der Waals surface area (Å²) in [6.07, 6.45) is -2.56. The number of fused-ring (bicyclic) bond motifs is 1. The van der Waals surface area contributed by atoms with E-state index in [-0.39, 0.29) is 17.0 Å². The van der Waals surface area contributed by atoms with Crippen LogP contribution < -0.4 is 9.64 Å². The molecule has 0 atom stereocenters. The van der Waals surface area contributed by atoms with Gasteiger partial charge in [-0.15, -0.1) is 13.2 Å². The summed E-state index contributed by atoms with van der Waals surface area (Å²) in [4.78, 5) is 25.1. The molecule has 1 heterocycles. The van der Waals surface area contributed by atoms with Gasteiger partial charge in [-0.2, -0.15) is 0 Å². The molecule has 5 nitrogen and oxygen atoms in total. The van der Waals surface area contributed by atoms with Crippen molar-refractivity contribution >= 4 is 23.6 Å². The fraction of sp³-hybridized carbons (Fsp3) is 0.333. The fourth-order valence-electron chi connectivity index (χ4n) is 4.04. The van der Waals surface area contributed by atoms with Gasteiger partial charge in [-0.3, -0.25) is 4.79 Å². The molecule has 1 aliphatic rings. The highest BCUT2D eigenvalue weighted by molar-refractivity contribution is 5.99. The Bertz CT molecular complexity index is 1100. The molecule has 0 spiro atoms. The molecule has 8 heteroatoms. The molecule has 0 radical (unpaired) electrons. The quantitative estimate of drug-likeness (QED) is 0.598. The number of rotatable bonds is 5. The zero-order valence-electron chi connectivity index (χ0n) is 18.2. The van der Waals surface area contributed by atoms with Gasteiger partial charge in [-0.25, -0.2) is 4.79 Å². The number of carboxylic acid groups (broad SMARTS) is 1. The van der Waals surface area contributed by atoms with E-state index in [1.165, 1.54) is 18.2 Å². The normalized spacial score (nSPS) is 15.7. The number of hydrogen-bond acceptors (Lipinski definition) is 3. The fourth-order valence-corrected chi connectivity index (χ4v) is 4.04. The number of carbonyl (C=O) groups excluding carboxylic acids is 1. The lowest BCUT2D eigenvalue weighted by Crippen LogP contribution is -2.41. The Morgan fingerprint density at radius 3 is 2.50 bits per heavy atom. The molecule has 32 heavy (non-hydrogen) atoms. The van der Waals surface area contributed by atoms with Crippen LogP contribution >= 0.6 is 0 Å². The number of ether oxygens (including phenoxy) is 1. The summed E-state index contributed by atoms with van der Waals surface area (Å²) in [5.41, 5.74) is 2.91. The highest BCUT2D eigenvalue weighted by atomic mass is 19.4. The second-order valence-corrected chi connectivity index (χ2v) is 8.36. The molecule has 1 aliphatic heterocycles. The molecule has 2 aromatic rings. The van der Waals surface area contributed by atoms with Gasteiger partial charge in [0.25, 0.3) is 0 Å². The standard InChI is InChI=1S/C24H24F3NO4/c1-5-28-19-12-17(14(2)10-18(19)23(3,4)13-21(28)29)16-8-6-15(7-9-22(30)31)11-20(16)32-24(25,26)27/h6-12H,5,13H2,1-4H3,(H,30,31)/b9-7+. The second kappa shape index (κ2) is 8.33. The van der Waals surface area contributed by atoms with Gasteiger partial charge in [0.2, 0.25) is 5.91 Å². The van der Waals surface area contributed by atoms with Crippen LogP contribution in [0.25, 0.3) is 17.2 Å².